The Hall–Kier alpha value is -0.240. The first-order valence-corrected chi connectivity index (χ1v) is 4.43. The van der Waals surface area contributed by atoms with Crippen LogP contribution in [0.25, 0.3) is 6.08 Å². The van der Waals surface area contributed by atoms with E-state index in [0.29, 0.717) is 0 Å². The number of alkyl halides is 3. The van der Waals surface area contributed by atoms with Gasteiger partial charge in [-0.15, -0.1) is 0 Å². The molecule has 0 atom stereocenters. The molecular weight excluding hydrogens is 216 g/mol. The fourth-order valence-electron chi connectivity index (χ4n) is 0.497. The van der Waals surface area contributed by atoms with Gasteiger partial charge in [-0.3, -0.25) is 4.98 Å². The van der Waals surface area contributed by atoms with Gasteiger partial charge in [0.15, 0.2) is 4.30 Å². The van der Waals surface area contributed by atoms with Crippen LogP contribution in [0.5, 0.6) is 0 Å². The normalized spacial score (nSPS) is 8.67. The quantitative estimate of drug-likeness (QED) is 0.663. The fraction of sp³-hybridized carbons (Fsp3) is 0.125. The lowest BCUT2D eigenvalue weighted by molar-refractivity contribution is 1.30. The Morgan fingerprint density at radius 1 is 1.33 bits per heavy atom. The van der Waals surface area contributed by atoms with Crippen LogP contribution in [0, 0.1) is 0 Å². The third kappa shape index (κ3) is 7.86. The lowest BCUT2D eigenvalue weighted by Gasteiger charge is -1.84. The molecule has 1 aromatic rings. The zero-order valence-corrected chi connectivity index (χ0v) is 8.52. The predicted octanol–water partition coefficient (Wildman–Crippen LogP) is 3.71. The van der Waals surface area contributed by atoms with Crippen molar-refractivity contribution in [2.75, 3.05) is 0 Å². The van der Waals surface area contributed by atoms with E-state index in [0.717, 1.165) is 5.69 Å². The maximum atomic E-state index is 4.81. The van der Waals surface area contributed by atoms with Crippen molar-refractivity contribution in [2.24, 2.45) is 0 Å². The van der Waals surface area contributed by atoms with Crippen LogP contribution in [0.2, 0.25) is 0 Å². The van der Waals surface area contributed by atoms with Gasteiger partial charge in [0, 0.05) is 6.20 Å². The average molecular weight is 225 g/mol. The third-order valence-electron chi connectivity index (χ3n) is 0.897. The molecule has 1 heterocycles. The summed E-state index contributed by atoms with van der Waals surface area (Å²) in [6, 6.07) is 5.73. The number of aromatic nitrogens is 1. The summed E-state index contributed by atoms with van der Waals surface area (Å²) in [5.41, 5.74) is 0.924. The Labute approximate surface area is 87.0 Å². The second-order valence-electron chi connectivity index (χ2n) is 1.71. The Kier molecular flexibility index (Phi) is 7.26. The summed E-state index contributed by atoms with van der Waals surface area (Å²) in [5.74, 6) is 0. The van der Waals surface area contributed by atoms with E-state index in [9.17, 15) is 0 Å². The van der Waals surface area contributed by atoms with Crippen molar-refractivity contribution < 1.29 is 0 Å². The van der Waals surface area contributed by atoms with Gasteiger partial charge in [0.25, 0.3) is 0 Å². The summed E-state index contributed by atoms with van der Waals surface area (Å²) in [7, 11) is 0. The maximum Gasteiger partial charge on any atom is 0.180 e. The lowest BCUT2D eigenvalue weighted by atomic mass is 10.4. The zero-order chi connectivity index (χ0) is 9.40. The highest BCUT2D eigenvalue weighted by Crippen LogP contribution is 2.03. The summed E-state index contributed by atoms with van der Waals surface area (Å²) in [6.07, 6.45) is 3.47. The topological polar surface area (TPSA) is 12.9 Å². The maximum absolute atomic E-state index is 4.81. The number of rotatable bonds is 1. The summed E-state index contributed by atoms with van der Waals surface area (Å²) in [6.45, 7) is 3.57. The molecule has 0 N–H and O–H groups in total. The molecular formula is C8H8Cl3N. The highest BCUT2D eigenvalue weighted by atomic mass is 35.6. The van der Waals surface area contributed by atoms with Gasteiger partial charge in [0.2, 0.25) is 0 Å². The molecule has 0 aliphatic rings. The molecule has 0 radical (unpaired) electrons. The van der Waals surface area contributed by atoms with E-state index in [1.54, 1.807) is 12.3 Å². The van der Waals surface area contributed by atoms with Crippen LogP contribution in [0.4, 0.5) is 0 Å². The molecule has 0 aromatic carbocycles. The molecule has 1 rings (SSSR count). The molecule has 0 spiro atoms. The molecule has 0 aliphatic carbocycles. The van der Waals surface area contributed by atoms with Gasteiger partial charge in [0.05, 0.1) is 5.69 Å². The van der Waals surface area contributed by atoms with E-state index in [1.807, 2.05) is 18.2 Å². The van der Waals surface area contributed by atoms with E-state index in [4.69, 9.17) is 34.8 Å². The van der Waals surface area contributed by atoms with Gasteiger partial charge >= 0.3 is 0 Å². The van der Waals surface area contributed by atoms with E-state index < -0.39 is 4.30 Å². The minimum absolute atomic E-state index is 0.750. The largest absolute Gasteiger partial charge is 0.257 e. The second-order valence-corrected chi connectivity index (χ2v) is 3.69. The SMILES string of the molecule is C=Cc1ccccn1.ClC(Cl)Cl. The van der Waals surface area contributed by atoms with Crippen molar-refractivity contribution >= 4 is 40.9 Å². The molecule has 0 saturated carbocycles. The third-order valence-corrected chi connectivity index (χ3v) is 0.897. The number of hydrogen-bond acceptors (Lipinski definition) is 1. The van der Waals surface area contributed by atoms with Crippen molar-refractivity contribution in [2.45, 2.75) is 4.30 Å². The van der Waals surface area contributed by atoms with Crippen molar-refractivity contribution in [3.05, 3.63) is 36.7 Å². The van der Waals surface area contributed by atoms with Crippen molar-refractivity contribution in [1.29, 1.82) is 0 Å². The summed E-state index contributed by atoms with van der Waals surface area (Å²) in [4.78, 5) is 3.98. The van der Waals surface area contributed by atoms with Crippen molar-refractivity contribution in [1.82, 2.24) is 4.98 Å². The molecule has 1 aromatic heterocycles. The summed E-state index contributed by atoms with van der Waals surface area (Å²) < 4.78 is -0.750. The molecule has 0 bridgehead atoms. The number of halogens is 3. The van der Waals surface area contributed by atoms with Crippen molar-refractivity contribution in [3.8, 4) is 0 Å². The molecule has 66 valence electrons. The van der Waals surface area contributed by atoms with Crippen LogP contribution in [-0.4, -0.2) is 9.28 Å². The molecule has 4 heteroatoms. The number of nitrogens with zero attached hydrogens (tertiary/aromatic N) is 1. The van der Waals surface area contributed by atoms with E-state index in [2.05, 4.69) is 11.6 Å². The Morgan fingerprint density at radius 3 is 2.17 bits per heavy atom. The van der Waals surface area contributed by atoms with Gasteiger partial charge in [-0.25, -0.2) is 0 Å². The van der Waals surface area contributed by atoms with Crippen molar-refractivity contribution in [3.63, 3.8) is 0 Å². The second kappa shape index (κ2) is 7.41. The monoisotopic (exact) mass is 223 g/mol. The van der Waals surface area contributed by atoms with E-state index in [1.165, 1.54) is 0 Å². The fourth-order valence-corrected chi connectivity index (χ4v) is 0.497. The molecule has 0 unspecified atom stereocenters. The van der Waals surface area contributed by atoms with Crippen LogP contribution in [-0.2, 0) is 0 Å². The van der Waals surface area contributed by atoms with Crippen LogP contribution in [0.3, 0.4) is 0 Å². The first-order chi connectivity index (χ1) is 5.66. The standard InChI is InChI=1S/C7H7N.CHCl3/c1-2-7-5-3-4-6-8-7;2-1(3)4/h2-6H,1H2;1H. The molecule has 0 fully saturated rings. The van der Waals surface area contributed by atoms with Gasteiger partial charge in [0.1, 0.15) is 0 Å². The Morgan fingerprint density at radius 2 is 1.92 bits per heavy atom. The van der Waals surface area contributed by atoms with Gasteiger partial charge in [-0.2, -0.15) is 0 Å². The van der Waals surface area contributed by atoms with Gasteiger partial charge in [-0.05, 0) is 18.2 Å². The lowest BCUT2D eigenvalue weighted by Crippen LogP contribution is -1.73. The molecule has 0 saturated heterocycles. The Balaban J connectivity index is 0.000000261. The number of pyridine rings is 1. The van der Waals surface area contributed by atoms with E-state index in [-0.39, 0.29) is 0 Å². The van der Waals surface area contributed by atoms with Crippen LogP contribution in [0.1, 0.15) is 5.69 Å². The first-order valence-electron chi connectivity index (χ1n) is 3.12. The Bertz CT molecular complexity index is 208. The minimum atomic E-state index is -0.750. The molecule has 1 nitrogen and oxygen atoms in total. The smallest absolute Gasteiger partial charge is 0.180 e. The molecule has 0 aliphatic heterocycles. The van der Waals surface area contributed by atoms with E-state index >= 15 is 0 Å². The average Bonchev–Trinajstić information content (AvgIpc) is 2.05. The highest BCUT2D eigenvalue weighted by Gasteiger charge is 1.79. The van der Waals surface area contributed by atoms with Crippen LogP contribution in [0.15, 0.2) is 31.0 Å². The first kappa shape index (κ1) is 11.8. The van der Waals surface area contributed by atoms with Crippen LogP contribution >= 0.6 is 34.8 Å². The predicted molar refractivity (Wildman–Crippen MR) is 55.7 cm³/mol. The molecule has 12 heavy (non-hydrogen) atoms. The van der Waals surface area contributed by atoms with Crippen LogP contribution < -0.4 is 0 Å². The summed E-state index contributed by atoms with van der Waals surface area (Å²) in [5, 5.41) is 0. The van der Waals surface area contributed by atoms with Gasteiger partial charge in [-0.1, -0.05) is 47.4 Å². The summed E-state index contributed by atoms with van der Waals surface area (Å²) >= 11 is 14.4. The zero-order valence-electron chi connectivity index (χ0n) is 6.25. The molecule has 0 amide bonds. The number of hydrogen-bond donors (Lipinski definition) is 0. The van der Waals surface area contributed by atoms with Gasteiger partial charge < -0.3 is 0 Å². The highest BCUT2D eigenvalue weighted by molar-refractivity contribution is 6.63. The minimum Gasteiger partial charge on any atom is -0.257 e.